The van der Waals surface area contributed by atoms with Crippen LogP contribution in [0.2, 0.25) is 0 Å². The van der Waals surface area contributed by atoms with Crippen molar-refractivity contribution in [2.45, 2.75) is 40.1 Å². The van der Waals surface area contributed by atoms with Gasteiger partial charge in [-0.15, -0.1) is 0 Å². The van der Waals surface area contributed by atoms with E-state index in [2.05, 4.69) is 0 Å². The average molecular weight is 398 g/mol. The van der Waals surface area contributed by atoms with E-state index in [0.717, 1.165) is 0 Å². The van der Waals surface area contributed by atoms with Crippen LogP contribution in [0, 0.1) is 11.2 Å². The molecule has 6 heteroatoms. The second-order valence-corrected chi connectivity index (χ2v) is 7.95. The Balaban J connectivity index is 1.85. The van der Waals surface area contributed by atoms with Crippen molar-refractivity contribution in [1.82, 2.24) is 0 Å². The van der Waals surface area contributed by atoms with Crippen LogP contribution in [0.1, 0.15) is 38.8 Å². The third-order valence-corrected chi connectivity index (χ3v) is 4.94. The first-order valence-electron chi connectivity index (χ1n) is 9.24. The number of hydrogen-bond donors (Lipinski definition) is 0. The van der Waals surface area contributed by atoms with Crippen LogP contribution < -0.4 is 4.74 Å². The van der Waals surface area contributed by atoms with Crippen molar-refractivity contribution in [3.8, 4) is 5.75 Å². The van der Waals surface area contributed by atoms with Crippen LogP contribution in [-0.2, 0) is 25.7 Å². The minimum absolute atomic E-state index is 0.00382. The SMILES string of the molecule is CC(C)(C)C1(C)OC(=O)C(=Cc2ccccc2OCc2ccccc2F)C(=O)O1. The van der Waals surface area contributed by atoms with Crippen LogP contribution in [0.25, 0.3) is 6.08 Å². The number of benzene rings is 2. The standard InChI is InChI=1S/C23H23FO5/c1-22(2,3)23(4)28-20(25)17(21(26)29-23)13-15-9-6-8-12-19(15)27-14-16-10-5-7-11-18(16)24/h5-13H,14H2,1-4H3. The number of halogens is 1. The minimum atomic E-state index is -1.36. The fraction of sp³-hybridized carbons (Fsp3) is 0.304. The van der Waals surface area contributed by atoms with Crippen LogP contribution in [0.4, 0.5) is 4.39 Å². The van der Waals surface area contributed by atoms with Gasteiger partial charge in [0, 0.05) is 23.5 Å². The third-order valence-electron chi connectivity index (χ3n) is 4.94. The summed E-state index contributed by atoms with van der Waals surface area (Å²) in [6, 6.07) is 13.1. The Bertz CT molecular complexity index is 951. The minimum Gasteiger partial charge on any atom is -0.488 e. The van der Waals surface area contributed by atoms with Gasteiger partial charge in [-0.1, -0.05) is 57.2 Å². The number of para-hydroxylation sites is 1. The Kier molecular flexibility index (Phi) is 5.46. The second-order valence-electron chi connectivity index (χ2n) is 7.95. The number of esters is 2. The molecular weight excluding hydrogens is 375 g/mol. The van der Waals surface area contributed by atoms with E-state index in [-0.39, 0.29) is 18.0 Å². The number of hydrogen-bond acceptors (Lipinski definition) is 5. The maximum absolute atomic E-state index is 13.8. The van der Waals surface area contributed by atoms with E-state index in [1.165, 1.54) is 12.1 Å². The molecule has 3 rings (SSSR count). The molecular formula is C23H23FO5. The monoisotopic (exact) mass is 398 g/mol. The van der Waals surface area contributed by atoms with Crippen molar-refractivity contribution in [3.05, 3.63) is 71.0 Å². The van der Waals surface area contributed by atoms with E-state index in [0.29, 0.717) is 16.9 Å². The quantitative estimate of drug-likeness (QED) is 0.426. The Morgan fingerprint density at radius 2 is 1.59 bits per heavy atom. The summed E-state index contributed by atoms with van der Waals surface area (Å²) in [5.41, 5.74) is 0.0538. The molecule has 0 aromatic heterocycles. The van der Waals surface area contributed by atoms with Crippen molar-refractivity contribution < 1.29 is 28.2 Å². The molecule has 0 radical (unpaired) electrons. The molecule has 0 atom stereocenters. The van der Waals surface area contributed by atoms with E-state index in [1.54, 1.807) is 49.4 Å². The lowest BCUT2D eigenvalue weighted by Gasteiger charge is -2.42. The first kappa shape index (κ1) is 20.6. The number of ether oxygens (including phenoxy) is 3. The maximum atomic E-state index is 13.8. The van der Waals surface area contributed by atoms with Gasteiger partial charge in [-0.2, -0.15) is 0 Å². The smallest absolute Gasteiger partial charge is 0.348 e. The molecule has 0 unspecified atom stereocenters. The first-order valence-corrected chi connectivity index (χ1v) is 9.24. The van der Waals surface area contributed by atoms with E-state index < -0.39 is 23.1 Å². The molecule has 2 aromatic carbocycles. The van der Waals surface area contributed by atoms with Crippen molar-refractivity contribution in [2.24, 2.45) is 5.41 Å². The number of cyclic esters (lactones) is 2. The molecule has 1 aliphatic rings. The molecule has 1 heterocycles. The fourth-order valence-electron chi connectivity index (χ4n) is 2.65. The summed E-state index contributed by atoms with van der Waals surface area (Å²) in [5.74, 6) is -2.86. The molecule has 29 heavy (non-hydrogen) atoms. The molecule has 152 valence electrons. The van der Waals surface area contributed by atoms with Gasteiger partial charge in [0.1, 0.15) is 23.7 Å². The predicted molar refractivity (Wildman–Crippen MR) is 105 cm³/mol. The van der Waals surface area contributed by atoms with Crippen molar-refractivity contribution in [3.63, 3.8) is 0 Å². The first-order chi connectivity index (χ1) is 13.6. The topological polar surface area (TPSA) is 61.8 Å². The van der Waals surface area contributed by atoms with Gasteiger partial charge in [0.2, 0.25) is 0 Å². The summed E-state index contributed by atoms with van der Waals surface area (Å²) in [6.07, 6.45) is 1.36. The second kappa shape index (κ2) is 7.70. The lowest BCUT2D eigenvalue weighted by atomic mass is 9.85. The van der Waals surface area contributed by atoms with Crippen LogP contribution in [0.15, 0.2) is 54.1 Å². The molecule has 1 aliphatic heterocycles. The highest BCUT2D eigenvalue weighted by atomic mass is 19.1. The van der Waals surface area contributed by atoms with Crippen molar-refractivity contribution >= 4 is 18.0 Å². The molecule has 0 bridgehead atoms. The largest absolute Gasteiger partial charge is 0.488 e. The van der Waals surface area contributed by atoms with Gasteiger partial charge in [0.25, 0.3) is 5.79 Å². The van der Waals surface area contributed by atoms with Crippen LogP contribution in [0.5, 0.6) is 5.75 Å². The Labute approximate surface area is 169 Å². The Morgan fingerprint density at radius 1 is 1.00 bits per heavy atom. The molecule has 0 N–H and O–H groups in total. The Morgan fingerprint density at radius 3 is 2.21 bits per heavy atom. The van der Waals surface area contributed by atoms with E-state index in [9.17, 15) is 14.0 Å². The van der Waals surface area contributed by atoms with Gasteiger partial charge >= 0.3 is 11.9 Å². The number of carbonyl (C=O) groups excluding carboxylic acids is 2. The van der Waals surface area contributed by atoms with Crippen molar-refractivity contribution in [1.29, 1.82) is 0 Å². The summed E-state index contributed by atoms with van der Waals surface area (Å²) in [6.45, 7) is 7.01. The van der Waals surface area contributed by atoms with Crippen molar-refractivity contribution in [2.75, 3.05) is 0 Å². The zero-order chi connectivity index (χ0) is 21.2. The van der Waals surface area contributed by atoms with Gasteiger partial charge in [0.05, 0.1) is 0 Å². The summed E-state index contributed by atoms with van der Waals surface area (Å²) in [7, 11) is 0. The fourth-order valence-corrected chi connectivity index (χ4v) is 2.65. The van der Waals surface area contributed by atoms with E-state index >= 15 is 0 Å². The Hall–Kier alpha value is -3.15. The molecule has 5 nitrogen and oxygen atoms in total. The van der Waals surface area contributed by atoms with Gasteiger partial charge < -0.3 is 14.2 Å². The lowest BCUT2D eigenvalue weighted by Crippen LogP contribution is -2.52. The van der Waals surface area contributed by atoms with E-state index in [4.69, 9.17) is 14.2 Å². The highest BCUT2D eigenvalue weighted by Gasteiger charge is 2.50. The summed E-state index contributed by atoms with van der Waals surface area (Å²) < 4.78 is 30.4. The highest BCUT2D eigenvalue weighted by Crippen LogP contribution is 2.39. The van der Waals surface area contributed by atoms with E-state index in [1.807, 2.05) is 20.8 Å². The summed E-state index contributed by atoms with van der Waals surface area (Å²) in [4.78, 5) is 25.0. The van der Waals surface area contributed by atoms with Gasteiger partial charge in [-0.05, 0) is 18.2 Å². The maximum Gasteiger partial charge on any atom is 0.348 e. The molecule has 0 aliphatic carbocycles. The van der Waals surface area contributed by atoms with Crippen LogP contribution in [0.3, 0.4) is 0 Å². The molecule has 1 saturated heterocycles. The highest BCUT2D eigenvalue weighted by molar-refractivity contribution is 6.19. The molecule has 2 aromatic rings. The van der Waals surface area contributed by atoms with Crippen LogP contribution >= 0.6 is 0 Å². The zero-order valence-corrected chi connectivity index (χ0v) is 16.8. The molecule has 0 saturated carbocycles. The number of rotatable bonds is 4. The molecule has 0 amide bonds. The van der Waals surface area contributed by atoms with Gasteiger partial charge in [0.15, 0.2) is 0 Å². The van der Waals surface area contributed by atoms with Crippen LogP contribution in [-0.4, -0.2) is 17.7 Å². The molecule has 0 spiro atoms. The summed E-state index contributed by atoms with van der Waals surface area (Å²) in [5, 5.41) is 0. The number of carbonyl (C=O) groups is 2. The third kappa shape index (κ3) is 4.31. The average Bonchev–Trinajstić information content (AvgIpc) is 2.64. The predicted octanol–water partition coefficient (Wildman–Crippen LogP) is 4.65. The lowest BCUT2D eigenvalue weighted by molar-refractivity contribution is -0.261. The normalized spacial score (nSPS) is 19.4. The van der Waals surface area contributed by atoms with Gasteiger partial charge in [-0.25, -0.2) is 14.0 Å². The zero-order valence-electron chi connectivity index (χ0n) is 16.8. The summed E-state index contributed by atoms with van der Waals surface area (Å²) >= 11 is 0. The molecule has 1 fully saturated rings. The van der Waals surface area contributed by atoms with Gasteiger partial charge in [-0.3, -0.25) is 0 Å².